The minimum absolute atomic E-state index is 0.0199. The molecule has 0 aliphatic carbocycles. The zero-order valence-corrected chi connectivity index (χ0v) is 12.2. The maximum atomic E-state index is 12.6. The normalized spacial score (nSPS) is 24.5. The minimum atomic E-state index is -4.28. The van der Waals surface area contributed by atoms with E-state index in [2.05, 4.69) is 10.2 Å². The number of hydrogen-bond donors (Lipinski definition) is 1. The summed E-state index contributed by atoms with van der Waals surface area (Å²) in [5.41, 5.74) is 0.361. The molecule has 0 unspecified atom stereocenters. The molecule has 1 N–H and O–H groups in total. The number of alkyl halides is 3. The average molecular weight is 312 g/mol. The quantitative estimate of drug-likeness (QED) is 0.911. The predicted octanol–water partition coefficient (Wildman–Crippen LogP) is 2.77. The lowest BCUT2D eigenvalue weighted by atomic mass is 9.88. The van der Waals surface area contributed by atoms with Crippen molar-refractivity contribution in [3.8, 4) is 0 Å². The van der Waals surface area contributed by atoms with Crippen molar-refractivity contribution in [3.63, 3.8) is 0 Å². The Morgan fingerprint density at radius 2 is 1.68 bits per heavy atom. The minimum Gasteiger partial charge on any atom is -0.355 e. The Kier molecular flexibility index (Phi) is 4.12. The van der Waals surface area contributed by atoms with Crippen LogP contribution in [0.15, 0.2) is 24.3 Å². The molecule has 2 saturated heterocycles. The number of nitrogens with one attached hydrogen (secondary N) is 1. The van der Waals surface area contributed by atoms with Gasteiger partial charge in [-0.1, -0.05) is 12.1 Å². The molecule has 1 aromatic carbocycles. The van der Waals surface area contributed by atoms with Gasteiger partial charge in [0.05, 0.1) is 11.6 Å². The molecule has 0 radical (unpaired) electrons. The third-order valence-corrected chi connectivity index (χ3v) is 4.70. The van der Waals surface area contributed by atoms with Gasteiger partial charge >= 0.3 is 6.18 Å². The van der Waals surface area contributed by atoms with Crippen LogP contribution in [0.5, 0.6) is 0 Å². The Balaban J connectivity index is 1.60. The van der Waals surface area contributed by atoms with E-state index in [-0.39, 0.29) is 17.9 Å². The Morgan fingerprint density at radius 1 is 1.05 bits per heavy atom. The van der Waals surface area contributed by atoms with Crippen molar-refractivity contribution < 1.29 is 18.0 Å². The van der Waals surface area contributed by atoms with E-state index in [9.17, 15) is 18.0 Å². The highest BCUT2D eigenvalue weighted by molar-refractivity contribution is 5.83. The molecule has 3 rings (SSSR count). The predicted molar refractivity (Wildman–Crippen MR) is 76.4 cm³/mol. The summed E-state index contributed by atoms with van der Waals surface area (Å²) < 4.78 is 37.7. The molecule has 3 nitrogen and oxygen atoms in total. The van der Waals surface area contributed by atoms with Crippen molar-refractivity contribution >= 4 is 5.91 Å². The summed E-state index contributed by atoms with van der Waals surface area (Å²) >= 11 is 0. The first-order valence-electron chi connectivity index (χ1n) is 7.64. The Bertz CT molecular complexity index is 533. The van der Waals surface area contributed by atoms with Gasteiger partial charge in [-0.15, -0.1) is 0 Å². The maximum Gasteiger partial charge on any atom is 0.416 e. The van der Waals surface area contributed by atoms with Gasteiger partial charge in [0.25, 0.3) is 0 Å². The number of benzene rings is 1. The van der Waals surface area contributed by atoms with E-state index in [1.165, 1.54) is 0 Å². The molecule has 0 aromatic heterocycles. The van der Waals surface area contributed by atoms with Gasteiger partial charge in [0.15, 0.2) is 0 Å². The summed E-state index contributed by atoms with van der Waals surface area (Å²) in [5, 5.41) is 2.84. The van der Waals surface area contributed by atoms with Gasteiger partial charge in [0, 0.05) is 6.54 Å². The first-order chi connectivity index (χ1) is 10.4. The molecule has 1 atom stereocenters. The molecule has 0 bridgehead atoms. The molecule has 1 aromatic rings. The zero-order chi connectivity index (χ0) is 15.7. The summed E-state index contributed by atoms with van der Waals surface area (Å²) in [6, 6.07) is 5.48. The molecule has 2 fully saturated rings. The molecule has 1 amide bonds. The average Bonchev–Trinajstić information content (AvgIpc) is 2.93. The van der Waals surface area contributed by atoms with Crippen LogP contribution in [0.1, 0.15) is 36.3 Å². The third-order valence-electron chi connectivity index (χ3n) is 4.70. The lowest BCUT2D eigenvalue weighted by Gasteiger charge is -2.35. The van der Waals surface area contributed by atoms with Crippen molar-refractivity contribution in [1.29, 1.82) is 0 Å². The number of halogens is 3. The fraction of sp³-hybridized carbons (Fsp3) is 0.562. The van der Waals surface area contributed by atoms with Crippen molar-refractivity contribution in [3.05, 3.63) is 35.4 Å². The Labute approximate surface area is 127 Å². The van der Waals surface area contributed by atoms with Crippen LogP contribution in [0.2, 0.25) is 0 Å². The largest absolute Gasteiger partial charge is 0.416 e. The van der Waals surface area contributed by atoms with Crippen molar-refractivity contribution in [2.75, 3.05) is 19.6 Å². The fourth-order valence-corrected chi connectivity index (χ4v) is 3.42. The van der Waals surface area contributed by atoms with E-state index in [1.54, 1.807) is 12.1 Å². The molecule has 6 heteroatoms. The van der Waals surface area contributed by atoms with E-state index >= 15 is 0 Å². The van der Waals surface area contributed by atoms with Gasteiger partial charge in [0.2, 0.25) is 5.91 Å². The summed E-state index contributed by atoms with van der Waals surface area (Å²) in [6.45, 7) is 2.38. The van der Waals surface area contributed by atoms with E-state index in [0.717, 1.165) is 56.6 Å². The SMILES string of the molecule is O=C1NCC[C@@H]1N1CCC(c2ccc(C(F)(F)F)cc2)CC1. The second kappa shape index (κ2) is 5.91. The lowest BCUT2D eigenvalue weighted by Crippen LogP contribution is -2.44. The fourth-order valence-electron chi connectivity index (χ4n) is 3.42. The zero-order valence-electron chi connectivity index (χ0n) is 12.2. The van der Waals surface area contributed by atoms with Crippen molar-refractivity contribution in [2.24, 2.45) is 0 Å². The topological polar surface area (TPSA) is 32.3 Å². The molecule has 2 aliphatic rings. The molecule has 0 spiro atoms. The second-order valence-corrected chi connectivity index (χ2v) is 6.03. The number of piperidine rings is 1. The number of carbonyl (C=O) groups is 1. The van der Waals surface area contributed by atoms with Gasteiger partial charge in [-0.2, -0.15) is 13.2 Å². The highest BCUT2D eigenvalue weighted by Gasteiger charge is 2.33. The van der Waals surface area contributed by atoms with E-state index in [0.29, 0.717) is 0 Å². The number of likely N-dealkylation sites (tertiary alicyclic amines) is 1. The Hall–Kier alpha value is -1.56. The third kappa shape index (κ3) is 3.11. The molecule has 2 aliphatic heterocycles. The maximum absolute atomic E-state index is 12.6. The first-order valence-corrected chi connectivity index (χ1v) is 7.64. The van der Waals surface area contributed by atoms with Crippen LogP contribution in [0.25, 0.3) is 0 Å². The van der Waals surface area contributed by atoms with E-state index in [1.807, 2.05) is 0 Å². The highest BCUT2D eigenvalue weighted by atomic mass is 19.4. The lowest BCUT2D eigenvalue weighted by molar-refractivity contribution is -0.137. The van der Waals surface area contributed by atoms with E-state index in [4.69, 9.17) is 0 Å². The van der Waals surface area contributed by atoms with Crippen LogP contribution in [-0.2, 0) is 11.0 Å². The van der Waals surface area contributed by atoms with Crippen LogP contribution in [0.3, 0.4) is 0 Å². The van der Waals surface area contributed by atoms with Gasteiger partial charge in [-0.3, -0.25) is 9.69 Å². The molecular weight excluding hydrogens is 293 g/mol. The summed E-state index contributed by atoms with van der Waals surface area (Å²) in [6.07, 6.45) is -1.66. The van der Waals surface area contributed by atoms with E-state index < -0.39 is 11.7 Å². The number of hydrogen-bond acceptors (Lipinski definition) is 2. The van der Waals surface area contributed by atoms with Gasteiger partial charge < -0.3 is 5.32 Å². The number of rotatable bonds is 2. The molecule has 0 saturated carbocycles. The van der Waals surface area contributed by atoms with Gasteiger partial charge in [0.1, 0.15) is 0 Å². The van der Waals surface area contributed by atoms with Crippen molar-refractivity contribution in [2.45, 2.75) is 37.4 Å². The smallest absolute Gasteiger partial charge is 0.355 e. The Morgan fingerprint density at radius 3 is 2.18 bits per heavy atom. The summed E-state index contributed by atoms with van der Waals surface area (Å²) in [4.78, 5) is 13.9. The number of amides is 1. The number of carbonyl (C=O) groups excluding carboxylic acids is 1. The van der Waals surface area contributed by atoms with Crippen LogP contribution >= 0.6 is 0 Å². The monoisotopic (exact) mass is 312 g/mol. The number of nitrogens with zero attached hydrogens (tertiary/aromatic N) is 1. The van der Waals surface area contributed by atoms with Crippen LogP contribution in [-0.4, -0.2) is 36.5 Å². The summed E-state index contributed by atoms with van der Waals surface area (Å²) in [7, 11) is 0. The molecule has 22 heavy (non-hydrogen) atoms. The molecule has 120 valence electrons. The second-order valence-electron chi connectivity index (χ2n) is 6.03. The van der Waals surface area contributed by atoms with Crippen molar-refractivity contribution in [1.82, 2.24) is 10.2 Å². The van der Waals surface area contributed by atoms with Crippen LogP contribution < -0.4 is 5.32 Å². The molecular formula is C16H19F3N2O. The highest BCUT2D eigenvalue weighted by Crippen LogP contribution is 2.33. The first kappa shape index (κ1) is 15.3. The van der Waals surface area contributed by atoms with Crippen LogP contribution in [0, 0.1) is 0 Å². The molecule has 2 heterocycles. The standard InChI is InChI=1S/C16H19F3N2O/c17-16(18,19)13-3-1-11(2-4-13)12-6-9-21(10-7-12)14-5-8-20-15(14)22/h1-4,12,14H,5-10H2,(H,20,22)/t14-/m0/s1. The van der Waals surface area contributed by atoms with Crippen LogP contribution in [0.4, 0.5) is 13.2 Å². The van der Waals surface area contributed by atoms with Gasteiger partial charge in [-0.05, 0) is 56.0 Å². The van der Waals surface area contributed by atoms with Gasteiger partial charge in [-0.25, -0.2) is 0 Å². The summed E-state index contributed by atoms with van der Waals surface area (Å²) in [5.74, 6) is 0.385.